The molecule has 1 atom stereocenters. The Balaban J connectivity index is 2.34. The molecule has 0 aromatic rings. The summed E-state index contributed by atoms with van der Waals surface area (Å²) in [6.07, 6.45) is 0. The highest BCUT2D eigenvalue weighted by Crippen LogP contribution is 1.98. The number of rotatable bonds is 0. The van der Waals surface area contributed by atoms with E-state index in [0.717, 1.165) is 12.3 Å². The van der Waals surface area contributed by atoms with Gasteiger partial charge in [-0.1, -0.05) is 6.58 Å². The maximum atomic E-state index is 5.13. The lowest BCUT2D eigenvalue weighted by Crippen LogP contribution is -2.36. The van der Waals surface area contributed by atoms with Crippen molar-refractivity contribution in [2.75, 3.05) is 13.2 Å². The smallest absolute Gasteiger partial charge is 0.0857 e. The lowest BCUT2D eigenvalue weighted by atomic mass is 10.3. The maximum absolute atomic E-state index is 5.13. The van der Waals surface area contributed by atoms with Crippen molar-refractivity contribution in [3.8, 4) is 0 Å². The van der Waals surface area contributed by atoms with Gasteiger partial charge in [-0.25, -0.2) is 0 Å². The molecule has 1 aliphatic rings. The Morgan fingerprint density at radius 2 is 2.62 bits per heavy atom. The summed E-state index contributed by atoms with van der Waals surface area (Å²) in [5.74, 6) is 0. The number of hydrogen-bond acceptors (Lipinski definition) is 2. The molecule has 1 aliphatic heterocycles. The van der Waals surface area contributed by atoms with Crippen molar-refractivity contribution in [3.63, 3.8) is 0 Å². The molecule has 1 unspecified atom stereocenters. The van der Waals surface area contributed by atoms with Crippen LogP contribution in [-0.4, -0.2) is 19.3 Å². The van der Waals surface area contributed by atoms with Crippen LogP contribution in [-0.2, 0) is 4.74 Å². The average molecular weight is 113 g/mol. The third-order valence-electron chi connectivity index (χ3n) is 1.09. The summed E-state index contributed by atoms with van der Waals surface area (Å²) in [5.41, 5.74) is 0.990. The van der Waals surface area contributed by atoms with E-state index in [1.54, 1.807) is 0 Å². The zero-order valence-electron chi connectivity index (χ0n) is 5.11. The maximum Gasteiger partial charge on any atom is 0.0857 e. The summed E-state index contributed by atoms with van der Waals surface area (Å²) in [4.78, 5) is 0. The molecular weight excluding hydrogens is 102 g/mol. The van der Waals surface area contributed by atoms with Crippen molar-refractivity contribution >= 4 is 0 Å². The Morgan fingerprint density at radius 1 is 1.88 bits per heavy atom. The van der Waals surface area contributed by atoms with E-state index < -0.39 is 0 Å². The summed E-state index contributed by atoms with van der Waals surface area (Å²) in [7, 11) is 0. The van der Waals surface area contributed by atoms with E-state index in [1.807, 2.05) is 0 Å². The van der Waals surface area contributed by atoms with Crippen molar-refractivity contribution in [1.29, 1.82) is 0 Å². The van der Waals surface area contributed by atoms with Gasteiger partial charge < -0.3 is 10.1 Å². The van der Waals surface area contributed by atoms with Crippen molar-refractivity contribution in [3.05, 3.63) is 12.3 Å². The van der Waals surface area contributed by atoms with Crippen LogP contribution >= 0.6 is 0 Å². The minimum atomic E-state index is 0.441. The topological polar surface area (TPSA) is 21.3 Å². The van der Waals surface area contributed by atoms with Gasteiger partial charge in [-0.2, -0.15) is 0 Å². The predicted octanol–water partition coefficient (Wildman–Crippen LogP) is 0.508. The van der Waals surface area contributed by atoms with Crippen LogP contribution < -0.4 is 5.32 Å². The molecule has 8 heavy (non-hydrogen) atoms. The molecule has 2 heteroatoms. The van der Waals surface area contributed by atoms with Crippen molar-refractivity contribution in [2.45, 2.75) is 13.0 Å². The second kappa shape index (κ2) is 2.18. The van der Waals surface area contributed by atoms with Gasteiger partial charge >= 0.3 is 0 Å². The molecule has 0 aliphatic carbocycles. The van der Waals surface area contributed by atoms with Gasteiger partial charge in [0.1, 0.15) is 0 Å². The fourth-order valence-electron chi connectivity index (χ4n) is 0.791. The van der Waals surface area contributed by atoms with E-state index in [0.29, 0.717) is 12.6 Å². The first kappa shape index (κ1) is 5.63. The lowest BCUT2D eigenvalue weighted by molar-refractivity contribution is 0.106. The SMILES string of the molecule is C=C1COCC(C)N1. The van der Waals surface area contributed by atoms with Crippen LogP contribution in [0.1, 0.15) is 6.92 Å². The second-order valence-corrected chi connectivity index (χ2v) is 2.16. The molecule has 0 amide bonds. The lowest BCUT2D eigenvalue weighted by Gasteiger charge is -2.22. The van der Waals surface area contributed by atoms with Gasteiger partial charge in [0.2, 0.25) is 0 Å². The Labute approximate surface area is 49.5 Å². The number of morpholine rings is 1. The molecule has 46 valence electrons. The van der Waals surface area contributed by atoms with Crippen molar-refractivity contribution in [2.24, 2.45) is 0 Å². The van der Waals surface area contributed by atoms with E-state index in [9.17, 15) is 0 Å². The van der Waals surface area contributed by atoms with E-state index in [-0.39, 0.29) is 0 Å². The molecule has 1 rings (SSSR count). The minimum absolute atomic E-state index is 0.441. The molecule has 1 saturated heterocycles. The van der Waals surface area contributed by atoms with Crippen LogP contribution in [0.5, 0.6) is 0 Å². The standard InChI is InChI=1S/C6H11NO/c1-5-3-8-4-6(2)7-5/h6-7H,1,3-4H2,2H3. The fraction of sp³-hybridized carbons (Fsp3) is 0.667. The van der Waals surface area contributed by atoms with Crippen LogP contribution in [0.25, 0.3) is 0 Å². The van der Waals surface area contributed by atoms with Gasteiger partial charge in [0.05, 0.1) is 13.2 Å². The summed E-state index contributed by atoms with van der Waals surface area (Å²) < 4.78 is 5.13. The Morgan fingerprint density at radius 3 is 3.00 bits per heavy atom. The highest BCUT2D eigenvalue weighted by Gasteiger charge is 2.07. The van der Waals surface area contributed by atoms with Crippen LogP contribution in [0, 0.1) is 0 Å². The number of nitrogens with one attached hydrogen (secondary N) is 1. The fourth-order valence-corrected chi connectivity index (χ4v) is 0.791. The van der Waals surface area contributed by atoms with Gasteiger partial charge in [-0.3, -0.25) is 0 Å². The first-order valence-electron chi connectivity index (χ1n) is 2.81. The van der Waals surface area contributed by atoms with Crippen molar-refractivity contribution in [1.82, 2.24) is 5.32 Å². The van der Waals surface area contributed by atoms with Gasteiger partial charge in [0.15, 0.2) is 0 Å². The van der Waals surface area contributed by atoms with E-state index in [1.165, 1.54) is 0 Å². The zero-order chi connectivity index (χ0) is 5.98. The predicted molar refractivity (Wildman–Crippen MR) is 32.6 cm³/mol. The van der Waals surface area contributed by atoms with Crippen LogP contribution in [0.4, 0.5) is 0 Å². The second-order valence-electron chi connectivity index (χ2n) is 2.16. The Kier molecular flexibility index (Phi) is 1.53. The molecule has 1 N–H and O–H groups in total. The Bertz CT molecular complexity index is 101. The molecule has 2 nitrogen and oxygen atoms in total. The third-order valence-corrected chi connectivity index (χ3v) is 1.09. The first-order valence-corrected chi connectivity index (χ1v) is 2.81. The van der Waals surface area contributed by atoms with E-state index in [4.69, 9.17) is 4.74 Å². The van der Waals surface area contributed by atoms with Gasteiger partial charge in [-0.15, -0.1) is 0 Å². The highest BCUT2D eigenvalue weighted by molar-refractivity contribution is 4.95. The average Bonchev–Trinajstić information content (AvgIpc) is 1.64. The summed E-state index contributed by atoms with van der Waals surface area (Å²) in [5, 5.41) is 3.16. The molecule has 1 heterocycles. The highest BCUT2D eigenvalue weighted by atomic mass is 16.5. The molecular formula is C6H11NO. The van der Waals surface area contributed by atoms with Crippen LogP contribution in [0.2, 0.25) is 0 Å². The third kappa shape index (κ3) is 1.23. The monoisotopic (exact) mass is 113 g/mol. The molecule has 0 aromatic carbocycles. The normalized spacial score (nSPS) is 29.6. The van der Waals surface area contributed by atoms with Gasteiger partial charge in [-0.05, 0) is 6.92 Å². The van der Waals surface area contributed by atoms with Gasteiger partial charge in [0.25, 0.3) is 0 Å². The van der Waals surface area contributed by atoms with E-state index in [2.05, 4.69) is 18.8 Å². The number of hydrogen-bond donors (Lipinski definition) is 1. The zero-order valence-corrected chi connectivity index (χ0v) is 5.11. The molecule has 0 saturated carbocycles. The quantitative estimate of drug-likeness (QED) is 0.494. The van der Waals surface area contributed by atoms with Crippen LogP contribution in [0.15, 0.2) is 12.3 Å². The van der Waals surface area contributed by atoms with E-state index >= 15 is 0 Å². The van der Waals surface area contributed by atoms with Crippen molar-refractivity contribution < 1.29 is 4.74 Å². The first-order chi connectivity index (χ1) is 3.79. The van der Waals surface area contributed by atoms with Gasteiger partial charge in [0, 0.05) is 11.7 Å². The summed E-state index contributed by atoms with van der Waals surface area (Å²) in [6.45, 7) is 7.28. The molecule has 0 spiro atoms. The molecule has 1 fully saturated rings. The molecule has 0 bridgehead atoms. The largest absolute Gasteiger partial charge is 0.382 e. The Hall–Kier alpha value is -0.500. The minimum Gasteiger partial charge on any atom is -0.382 e. The number of ether oxygens (including phenoxy) is 1. The summed E-state index contributed by atoms with van der Waals surface area (Å²) in [6, 6.07) is 0.441. The molecule has 0 radical (unpaired) electrons. The summed E-state index contributed by atoms with van der Waals surface area (Å²) >= 11 is 0. The van der Waals surface area contributed by atoms with Crippen LogP contribution in [0.3, 0.4) is 0 Å². The molecule has 0 aromatic heterocycles.